The number of hydrogen-bond acceptors (Lipinski definition) is 3. The van der Waals surface area contributed by atoms with Gasteiger partial charge in [0.2, 0.25) is 0 Å². The molecule has 0 fully saturated rings. The van der Waals surface area contributed by atoms with E-state index in [1.165, 1.54) is 19.2 Å². The van der Waals surface area contributed by atoms with Crippen LogP contribution in [0.3, 0.4) is 0 Å². The Hall–Kier alpha value is -1.32. The van der Waals surface area contributed by atoms with Crippen LogP contribution in [-0.4, -0.2) is 53.6 Å². The summed E-state index contributed by atoms with van der Waals surface area (Å²) in [6.45, 7) is -0.859. The average Bonchev–Trinajstić information content (AvgIpc) is 2.36. The van der Waals surface area contributed by atoms with Crippen LogP contribution in [0, 0.1) is 0 Å². The molecule has 23 heavy (non-hydrogen) atoms. The van der Waals surface area contributed by atoms with E-state index in [1.807, 2.05) is 0 Å². The molecule has 0 bridgehead atoms. The van der Waals surface area contributed by atoms with E-state index in [2.05, 4.69) is 0 Å². The third-order valence-corrected chi connectivity index (χ3v) is 3.14. The topological polar surface area (TPSA) is 43.7 Å². The normalized spacial score (nSPS) is 15.7. The molecule has 0 aliphatic rings. The first-order valence-electron chi connectivity index (χ1n) is 6.67. The SMILES string of the molecule is CN(CC(O)Cc1ccc(C(F)(F)F)cc1)CC(O)C(F)(F)F. The van der Waals surface area contributed by atoms with E-state index in [0.29, 0.717) is 5.56 Å². The van der Waals surface area contributed by atoms with Crippen LogP contribution >= 0.6 is 0 Å². The fraction of sp³-hybridized carbons (Fsp3) is 0.571. The summed E-state index contributed by atoms with van der Waals surface area (Å²) >= 11 is 0. The van der Waals surface area contributed by atoms with Gasteiger partial charge in [-0.25, -0.2) is 0 Å². The molecule has 2 N–H and O–H groups in total. The standard InChI is InChI=1S/C14H17F6NO2/c1-21(8-12(23)14(18,19)20)7-11(22)6-9-2-4-10(5-3-9)13(15,16)17/h2-5,11-12,22-23H,6-8H2,1H3. The minimum Gasteiger partial charge on any atom is -0.391 e. The summed E-state index contributed by atoms with van der Waals surface area (Å²) in [5.74, 6) is 0. The van der Waals surface area contributed by atoms with E-state index in [1.54, 1.807) is 0 Å². The summed E-state index contributed by atoms with van der Waals surface area (Å²) in [6, 6.07) is 4.16. The molecule has 0 aliphatic carbocycles. The van der Waals surface area contributed by atoms with Crippen molar-refractivity contribution in [1.29, 1.82) is 0 Å². The number of halogens is 6. The molecule has 0 radical (unpaired) electrons. The number of hydrogen-bond donors (Lipinski definition) is 2. The lowest BCUT2D eigenvalue weighted by Crippen LogP contribution is -2.42. The second-order valence-electron chi connectivity index (χ2n) is 5.33. The number of likely N-dealkylation sites (N-methyl/N-ethyl adjacent to an activating group) is 1. The van der Waals surface area contributed by atoms with Gasteiger partial charge in [0.05, 0.1) is 11.7 Å². The average molecular weight is 345 g/mol. The summed E-state index contributed by atoms with van der Waals surface area (Å²) in [5.41, 5.74) is -0.392. The van der Waals surface area contributed by atoms with Gasteiger partial charge in [-0.05, 0) is 31.2 Å². The van der Waals surface area contributed by atoms with Gasteiger partial charge in [0.25, 0.3) is 0 Å². The molecule has 1 aromatic rings. The molecule has 0 amide bonds. The van der Waals surface area contributed by atoms with E-state index in [-0.39, 0.29) is 13.0 Å². The van der Waals surface area contributed by atoms with Crippen molar-refractivity contribution in [2.75, 3.05) is 20.1 Å². The molecule has 9 heteroatoms. The van der Waals surface area contributed by atoms with Crippen molar-refractivity contribution in [1.82, 2.24) is 4.90 Å². The van der Waals surface area contributed by atoms with Crippen LogP contribution in [0.4, 0.5) is 26.3 Å². The number of aliphatic hydroxyl groups is 2. The Morgan fingerprint density at radius 2 is 1.48 bits per heavy atom. The van der Waals surface area contributed by atoms with Gasteiger partial charge in [-0.3, -0.25) is 0 Å². The molecule has 0 aliphatic heterocycles. The Bertz CT molecular complexity index is 486. The van der Waals surface area contributed by atoms with E-state index in [4.69, 9.17) is 5.11 Å². The summed E-state index contributed by atoms with van der Waals surface area (Å²) in [7, 11) is 1.30. The van der Waals surface area contributed by atoms with E-state index in [0.717, 1.165) is 17.0 Å². The molecule has 2 atom stereocenters. The van der Waals surface area contributed by atoms with Crippen molar-refractivity contribution in [3.63, 3.8) is 0 Å². The first-order chi connectivity index (χ1) is 10.4. The second kappa shape index (κ2) is 7.50. The lowest BCUT2D eigenvalue weighted by Gasteiger charge is -2.24. The minimum absolute atomic E-state index is 0.00934. The van der Waals surface area contributed by atoms with Gasteiger partial charge in [-0.1, -0.05) is 12.1 Å². The smallest absolute Gasteiger partial charge is 0.391 e. The minimum atomic E-state index is -4.74. The maximum Gasteiger partial charge on any atom is 0.416 e. The molecule has 0 spiro atoms. The van der Waals surface area contributed by atoms with Crippen molar-refractivity contribution in [2.24, 2.45) is 0 Å². The van der Waals surface area contributed by atoms with Gasteiger partial charge in [0.1, 0.15) is 0 Å². The summed E-state index contributed by atoms with van der Waals surface area (Å²) in [4.78, 5) is 1.10. The van der Waals surface area contributed by atoms with Crippen LogP contribution in [-0.2, 0) is 12.6 Å². The fourth-order valence-corrected chi connectivity index (χ4v) is 2.00. The van der Waals surface area contributed by atoms with Crippen molar-refractivity contribution in [3.05, 3.63) is 35.4 Å². The zero-order valence-electron chi connectivity index (χ0n) is 12.2. The highest BCUT2D eigenvalue weighted by Gasteiger charge is 2.38. The summed E-state index contributed by atoms with van der Waals surface area (Å²) in [6.07, 6.45) is -12.8. The van der Waals surface area contributed by atoms with E-state index >= 15 is 0 Å². The number of nitrogens with zero attached hydrogens (tertiary/aromatic N) is 1. The Kier molecular flexibility index (Phi) is 6.43. The zero-order chi connectivity index (χ0) is 17.8. The quantitative estimate of drug-likeness (QED) is 0.779. The molecule has 1 rings (SSSR count). The maximum absolute atomic E-state index is 12.4. The second-order valence-corrected chi connectivity index (χ2v) is 5.33. The van der Waals surface area contributed by atoms with Crippen molar-refractivity contribution < 1.29 is 36.6 Å². The molecule has 0 saturated heterocycles. The van der Waals surface area contributed by atoms with Crippen LogP contribution in [0.5, 0.6) is 0 Å². The van der Waals surface area contributed by atoms with E-state index in [9.17, 15) is 31.4 Å². The predicted molar refractivity (Wildman–Crippen MR) is 70.7 cm³/mol. The first kappa shape index (κ1) is 19.7. The highest BCUT2D eigenvalue weighted by molar-refractivity contribution is 5.25. The summed E-state index contributed by atoms with van der Waals surface area (Å²) in [5, 5.41) is 18.7. The molecule has 1 aromatic carbocycles. The fourth-order valence-electron chi connectivity index (χ4n) is 2.00. The van der Waals surface area contributed by atoms with Gasteiger partial charge >= 0.3 is 12.4 Å². The maximum atomic E-state index is 12.4. The number of alkyl halides is 6. The molecule has 2 unspecified atom stereocenters. The Labute approximate surface area is 129 Å². The molecule has 0 heterocycles. The van der Waals surface area contributed by atoms with Crippen LogP contribution in [0.2, 0.25) is 0 Å². The third kappa shape index (κ3) is 6.76. The lowest BCUT2D eigenvalue weighted by molar-refractivity contribution is -0.207. The Morgan fingerprint density at radius 1 is 0.957 bits per heavy atom. The molecule has 132 valence electrons. The zero-order valence-corrected chi connectivity index (χ0v) is 12.2. The van der Waals surface area contributed by atoms with Crippen molar-refractivity contribution >= 4 is 0 Å². The van der Waals surface area contributed by atoms with Gasteiger partial charge in [-0.2, -0.15) is 26.3 Å². The first-order valence-corrected chi connectivity index (χ1v) is 6.67. The Morgan fingerprint density at radius 3 is 1.91 bits per heavy atom. The van der Waals surface area contributed by atoms with Crippen LogP contribution in [0.25, 0.3) is 0 Å². The highest BCUT2D eigenvalue weighted by atomic mass is 19.4. The predicted octanol–water partition coefficient (Wildman–Crippen LogP) is 2.46. The van der Waals surface area contributed by atoms with Crippen molar-refractivity contribution in [2.45, 2.75) is 31.0 Å². The van der Waals surface area contributed by atoms with Crippen LogP contribution < -0.4 is 0 Å². The summed E-state index contributed by atoms with van der Waals surface area (Å²) < 4.78 is 73.8. The number of rotatable bonds is 6. The van der Waals surface area contributed by atoms with Gasteiger partial charge in [0, 0.05) is 13.1 Å². The molecular formula is C14H17F6NO2. The van der Waals surface area contributed by atoms with Gasteiger partial charge in [-0.15, -0.1) is 0 Å². The lowest BCUT2D eigenvalue weighted by atomic mass is 10.1. The van der Waals surface area contributed by atoms with Crippen molar-refractivity contribution in [3.8, 4) is 0 Å². The monoisotopic (exact) mass is 345 g/mol. The van der Waals surface area contributed by atoms with Gasteiger partial charge < -0.3 is 15.1 Å². The Balaban J connectivity index is 2.52. The number of aliphatic hydroxyl groups excluding tert-OH is 2. The van der Waals surface area contributed by atoms with Gasteiger partial charge in [0.15, 0.2) is 6.10 Å². The number of benzene rings is 1. The largest absolute Gasteiger partial charge is 0.416 e. The van der Waals surface area contributed by atoms with Crippen LogP contribution in [0.15, 0.2) is 24.3 Å². The highest BCUT2D eigenvalue weighted by Crippen LogP contribution is 2.29. The molecule has 3 nitrogen and oxygen atoms in total. The third-order valence-electron chi connectivity index (χ3n) is 3.14. The molecule has 0 saturated carbocycles. The molecule has 0 aromatic heterocycles. The van der Waals surface area contributed by atoms with Crippen LogP contribution in [0.1, 0.15) is 11.1 Å². The van der Waals surface area contributed by atoms with E-state index < -0.39 is 36.7 Å². The molecular weight excluding hydrogens is 328 g/mol.